The third-order valence-corrected chi connectivity index (χ3v) is 7.32. The Morgan fingerprint density at radius 1 is 0.867 bits per heavy atom. The van der Waals surface area contributed by atoms with E-state index < -0.39 is 11.7 Å². The van der Waals surface area contributed by atoms with Crippen molar-refractivity contribution in [1.29, 1.82) is 0 Å². The van der Waals surface area contributed by atoms with Gasteiger partial charge in [0.1, 0.15) is 5.75 Å². The average molecular weight is 425 g/mol. The van der Waals surface area contributed by atoms with Crippen LogP contribution in [0.1, 0.15) is 89.5 Å². The van der Waals surface area contributed by atoms with Crippen molar-refractivity contribution in [3.63, 3.8) is 0 Å². The summed E-state index contributed by atoms with van der Waals surface area (Å²) in [5.41, 5.74) is -0.738. The minimum Gasteiger partial charge on any atom is -0.427 e. The summed E-state index contributed by atoms with van der Waals surface area (Å²) in [4.78, 5) is 12.1. The van der Waals surface area contributed by atoms with Crippen molar-refractivity contribution in [1.82, 2.24) is 0 Å². The van der Waals surface area contributed by atoms with Crippen molar-refractivity contribution in [3.05, 3.63) is 29.8 Å². The second kappa shape index (κ2) is 10.7. The Labute approximate surface area is 178 Å². The molecule has 0 N–H and O–H groups in total. The van der Waals surface area contributed by atoms with E-state index in [2.05, 4.69) is 6.92 Å². The highest BCUT2D eigenvalue weighted by atomic mass is 19.4. The van der Waals surface area contributed by atoms with Crippen molar-refractivity contribution in [2.75, 3.05) is 0 Å². The first-order chi connectivity index (χ1) is 14.3. The van der Waals surface area contributed by atoms with E-state index in [1.165, 1.54) is 76.3 Å². The van der Waals surface area contributed by atoms with Crippen LogP contribution in [0.4, 0.5) is 13.2 Å². The molecule has 2 fully saturated rings. The summed E-state index contributed by atoms with van der Waals surface area (Å²) < 4.78 is 43.0. The number of carbonyl (C=O) groups is 1. The zero-order valence-electron chi connectivity index (χ0n) is 18.1. The maximum absolute atomic E-state index is 12.6. The number of carbonyl (C=O) groups excluding carboxylic acids is 1. The van der Waals surface area contributed by atoms with Crippen molar-refractivity contribution in [2.24, 2.45) is 23.7 Å². The summed E-state index contributed by atoms with van der Waals surface area (Å²) >= 11 is 0. The van der Waals surface area contributed by atoms with E-state index in [1.807, 2.05) is 0 Å². The number of halogens is 3. The van der Waals surface area contributed by atoms with Crippen LogP contribution in [0.5, 0.6) is 5.75 Å². The lowest BCUT2D eigenvalue weighted by atomic mass is 9.68. The summed E-state index contributed by atoms with van der Waals surface area (Å²) in [5.74, 6) is 3.12. The van der Waals surface area contributed by atoms with Gasteiger partial charge in [-0.15, -0.1) is 0 Å². The molecule has 1 aromatic carbocycles. The fraction of sp³-hybridized carbons (Fsp3) is 0.720. The number of rotatable bonds is 7. The predicted molar refractivity (Wildman–Crippen MR) is 112 cm³/mol. The Morgan fingerprint density at radius 2 is 1.37 bits per heavy atom. The van der Waals surface area contributed by atoms with Crippen molar-refractivity contribution < 1.29 is 22.7 Å². The Bertz CT molecular complexity index is 652. The van der Waals surface area contributed by atoms with Gasteiger partial charge in [-0.25, -0.2) is 0 Å². The van der Waals surface area contributed by atoms with Crippen molar-refractivity contribution >= 4 is 5.97 Å². The second-order valence-corrected chi connectivity index (χ2v) is 9.39. The second-order valence-electron chi connectivity index (χ2n) is 9.39. The van der Waals surface area contributed by atoms with Crippen LogP contribution in [-0.4, -0.2) is 5.97 Å². The molecule has 0 aromatic heterocycles. The highest BCUT2D eigenvalue weighted by Crippen LogP contribution is 2.43. The third-order valence-electron chi connectivity index (χ3n) is 7.32. The minimum atomic E-state index is -4.38. The molecular formula is C25H35F3O2. The van der Waals surface area contributed by atoms with Gasteiger partial charge in [0.15, 0.2) is 0 Å². The zero-order valence-corrected chi connectivity index (χ0v) is 18.1. The molecule has 0 saturated heterocycles. The van der Waals surface area contributed by atoms with Crippen molar-refractivity contribution in [3.8, 4) is 5.75 Å². The van der Waals surface area contributed by atoms with E-state index in [0.717, 1.165) is 36.3 Å². The molecule has 168 valence electrons. The first-order valence-corrected chi connectivity index (χ1v) is 11.7. The van der Waals surface area contributed by atoms with E-state index in [-0.39, 0.29) is 11.7 Å². The van der Waals surface area contributed by atoms with Gasteiger partial charge < -0.3 is 4.74 Å². The van der Waals surface area contributed by atoms with Gasteiger partial charge >= 0.3 is 12.1 Å². The number of alkyl halides is 3. The van der Waals surface area contributed by atoms with Gasteiger partial charge in [-0.3, -0.25) is 4.79 Å². The van der Waals surface area contributed by atoms with Crippen LogP contribution >= 0.6 is 0 Å². The molecule has 3 rings (SSSR count). The van der Waals surface area contributed by atoms with Gasteiger partial charge in [-0.1, -0.05) is 45.4 Å². The highest BCUT2D eigenvalue weighted by molar-refractivity contribution is 5.72. The van der Waals surface area contributed by atoms with Gasteiger partial charge in [0.2, 0.25) is 0 Å². The lowest BCUT2D eigenvalue weighted by Gasteiger charge is -2.38. The molecule has 0 radical (unpaired) electrons. The van der Waals surface area contributed by atoms with Crippen LogP contribution in [-0.2, 0) is 11.0 Å². The van der Waals surface area contributed by atoms with Crippen molar-refractivity contribution in [2.45, 2.75) is 90.1 Å². The molecule has 2 nitrogen and oxygen atoms in total. The molecule has 0 unspecified atom stereocenters. The number of esters is 1. The van der Waals surface area contributed by atoms with Crippen LogP contribution in [0.3, 0.4) is 0 Å². The topological polar surface area (TPSA) is 26.3 Å². The van der Waals surface area contributed by atoms with E-state index in [4.69, 9.17) is 4.74 Å². The Balaban J connectivity index is 1.34. The van der Waals surface area contributed by atoms with Gasteiger partial charge in [0.25, 0.3) is 0 Å². The summed E-state index contributed by atoms with van der Waals surface area (Å²) in [5, 5.41) is 0. The molecule has 1 aromatic rings. The smallest absolute Gasteiger partial charge is 0.416 e. The lowest BCUT2D eigenvalue weighted by Crippen LogP contribution is -2.26. The third kappa shape index (κ3) is 6.75. The normalized spacial score (nSPS) is 27.6. The quantitative estimate of drug-likeness (QED) is 0.330. The molecule has 0 spiro atoms. The maximum Gasteiger partial charge on any atom is 0.416 e. The van der Waals surface area contributed by atoms with Gasteiger partial charge in [0, 0.05) is 6.42 Å². The van der Waals surface area contributed by atoms with E-state index in [0.29, 0.717) is 12.3 Å². The SMILES string of the molecule is CCC[C@H]1CC[C@H]([C@H]2CC[C@H](CCC(=O)Oc3ccc(C(F)(F)F)cc3)CC2)CC1. The fourth-order valence-corrected chi connectivity index (χ4v) is 5.52. The molecule has 5 heteroatoms. The number of hydrogen-bond acceptors (Lipinski definition) is 2. The van der Waals surface area contributed by atoms with Crippen LogP contribution in [0.25, 0.3) is 0 Å². The molecule has 0 amide bonds. The largest absolute Gasteiger partial charge is 0.427 e. The molecular weight excluding hydrogens is 389 g/mol. The Morgan fingerprint density at radius 3 is 1.83 bits per heavy atom. The fourth-order valence-electron chi connectivity index (χ4n) is 5.52. The van der Waals surface area contributed by atoms with Gasteiger partial charge in [-0.2, -0.15) is 13.2 Å². The van der Waals surface area contributed by atoms with Gasteiger partial charge in [-0.05, 0) is 80.0 Å². The van der Waals surface area contributed by atoms with E-state index in [9.17, 15) is 18.0 Å². The first-order valence-electron chi connectivity index (χ1n) is 11.7. The first kappa shape index (κ1) is 23.1. The molecule has 0 atom stereocenters. The molecule has 2 saturated carbocycles. The number of benzene rings is 1. The standard InChI is InChI=1S/C25H35F3O2/c1-2-3-18-4-9-20(10-5-18)21-11-6-19(7-12-21)8-17-24(29)30-23-15-13-22(14-16-23)25(26,27)28/h13-16,18-21H,2-12,17H2,1H3/t18-,19-,20-,21-. The maximum atomic E-state index is 12.6. The minimum absolute atomic E-state index is 0.176. The monoisotopic (exact) mass is 424 g/mol. The van der Waals surface area contributed by atoms with Crippen LogP contribution < -0.4 is 4.74 Å². The molecule has 0 heterocycles. The van der Waals surface area contributed by atoms with E-state index >= 15 is 0 Å². The Kier molecular flexibility index (Phi) is 8.24. The highest BCUT2D eigenvalue weighted by Gasteiger charge is 2.31. The van der Waals surface area contributed by atoms with Crippen LogP contribution in [0.15, 0.2) is 24.3 Å². The summed E-state index contributed by atoms with van der Waals surface area (Å²) in [6.45, 7) is 2.28. The van der Waals surface area contributed by atoms with Gasteiger partial charge in [0.05, 0.1) is 5.56 Å². The lowest BCUT2D eigenvalue weighted by molar-refractivity contribution is -0.137. The van der Waals surface area contributed by atoms with Crippen LogP contribution in [0.2, 0.25) is 0 Å². The number of ether oxygens (including phenoxy) is 1. The molecule has 2 aliphatic rings. The molecule has 2 aliphatic carbocycles. The number of hydrogen-bond donors (Lipinski definition) is 0. The summed E-state index contributed by atoms with van der Waals surface area (Å²) in [6, 6.07) is 4.31. The molecule has 0 aliphatic heterocycles. The summed E-state index contributed by atoms with van der Waals surface area (Å²) in [7, 11) is 0. The molecule has 0 bridgehead atoms. The summed E-state index contributed by atoms with van der Waals surface area (Å²) in [6.07, 6.45) is 10.0. The Hall–Kier alpha value is -1.52. The zero-order chi connectivity index (χ0) is 21.6. The van der Waals surface area contributed by atoms with Crippen LogP contribution in [0, 0.1) is 23.7 Å². The van der Waals surface area contributed by atoms with E-state index in [1.54, 1.807) is 0 Å². The molecule has 30 heavy (non-hydrogen) atoms. The average Bonchev–Trinajstić information content (AvgIpc) is 2.73. The predicted octanol–water partition coefficient (Wildman–Crippen LogP) is 7.80.